The number of methoxy groups -OCH3 is 2. The van der Waals surface area contributed by atoms with E-state index in [9.17, 15) is 4.79 Å². The number of anilines is 2. The minimum Gasteiger partial charge on any atom is -0.503 e. The van der Waals surface area contributed by atoms with Gasteiger partial charge in [-0.05, 0) is 60.0 Å². The molecule has 0 unspecified atom stereocenters. The van der Waals surface area contributed by atoms with Crippen LogP contribution in [0.3, 0.4) is 0 Å². The molecule has 5 nitrogen and oxygen atoms in total. The van der Waals surface area contributed by atoms with Crippen molar-refractivity contribution in [2.75, 3.05) is 19.5 Å². The smallest absolute Gasteiger partial charge is 0.341 e. The second-order valence-electron chi connectivity index (χ2n) is 6.87. The van der Waals surface area contributed by atoms with Crippen LogP contribution in [-0.2, 0) is 20.9 Å². The van der Waals surface area contributed by atoms with Crippen LogP contribution in [0.4, 0.5) is 11.4 Å². The van der Waals surface area contributed by atoms with Gasteiger partial charge in [-0.1, -0.05) is 35.9 Å². The van der Waals surface area contributed by atoms with Crippen molar-refractivity contribution in [2.24, 2.45) is 0 Å². The Morgan fingerprint density at radius 3 is 2.45 bits per heavy atom. The number of nitrogens with one attached hydrogen (secondary N) is 1. The van der Waals surface area contributed by atoms with E-state index < -0.39 is 5.97 Å². The van der Waals surface area contributed by atoms with Gasteiger partial charge in [-0.3, -0.25) is 0 Å². The molecule has 160 valence electrons. The molecule has 0 bridgehead atoms. The van der Waals surface area contributed by atoms with Crippen molar-refractivity contribution < 1.29 is 19.0 Å². The van der Waals surface area contributed by atoms with Crippen molar-refractivity contribution in [2.45, 2.75) is 13.5 Å². The molecule has 1 N–H and O–H groups in total. The Kier molecular flexibility index (Phi) is 7.57. The third-order valence-corrected chi connectivity index (χ3v) is 4.77. The van der Waals surface area contributed by atoms with Crippen LogP contribution in [0.2, 0.25) is 5.02 Å². The first-order valence-corrected chi connectivity index (χ1v) is 10.0. The van der Waals surface area contributed by atoms with Crippen molar-refractivity contribution in [1.82, 2.24) is 0 Å². The second kappa shape index (κ2) is 10.5. The molecule has 0 aliphatic heterocycles. The van der Waals surface area contributed by atoms with E-state index in [2.05, 4.69) is 11.4 Å². The molecule has 0 spiro atoms. The van der Waals surface area contributed by atoms with Crippen molar-refractivity contribution in [3.8, 4) is 5.75 Å². The summed E-state index contributed by atoms with van der Waals surface area (Å²) < 4.78 is 16.0. The number of esters is 1. The average Bonchev–Trinajstić information content (AvgIpc) is 2.76. The van der Waals surface area contributed by atoms with Crippen molar-refractivity contribution in [3.05, 3.63) is 94.7 Å². The number of benzene rings is 3. The summed E-state index contributed by atoms with van der Waals surface area (Å²) in [5.74, 6) is 0.175. The molecule has 0 amide bonds. The summed E-state index contributed by atoms with van der Waals surface area (Å²) in [6.07, 6.45) is 1.35. The predicted molar refractivity (Wildman–Crippen MR) is 124 cm³/mol. The van der Waals surface area contributed by atoms with E-state index in [-0.39, 0.29) is 12.2 Å². The molecule has 0 fully saturated rings. The first-order chi connectivity index (χ1) is 15.0. The van der Waals surface area contributed by atoms with Gasteiger partial charge in [0, 0.05) is 22.5 Å². The van der Waals surface area contributed by atoms with Gasteiger partial charge >= 0.3 is 5.97 Å². The molecule has 0 saturated heterocycles. The van der Waals surface area contributed by atoms with Crippen molar-refractivity contribution >= 4 is 34.5 Å². The fraction of sp³-hybridized carbons (Fsp3) is 0.160. The average molecular weight is 438 g/mol. The van der Waals surface area contributed by atoms with E-state index in [0.717, 1.165) is 16.9 Å². The SMILES string of the molecule is CO/C=C(/C(=O)OC)c1ccc(Cl)cc1COc1cccc(Nc2cccc(C)c2)c1. The Morgan fingerprint density at radius 2 is 1.74 bits per heavy atom. The van der Waals surface area contributed by atoms with Crippen LogP contribution in [0.5, 0.6) is 5.75 Å². The van der Waals surface area contributed by atoms with Crippen molar-refractivity contribution in [1.29, 1.82) is 0 Å². The number of ether oxygens (including phenoxy) is 3. The lowest BCUT2D eigenvalue weighted by atomic mass is 10.0. The fourth-order valence-corrected chi connectivity index (χ4v) is 3.30. The number of hydrogen-bond acceptors (Lipinski definition) is 5. The van der Waals surface area contributed by atoms with Gasteiger partial charge in [0.15, 0.2) is 0 Å². The van der Waals surface area contributed by atoms with Gasteiger partial charge in [0.05, 0.1) is 20.5 Å². The Hall–Kier alpha value is -3.44. The Balaban J connectivity index is 1.80. The van der Waals surface area contributed by atoms with E-state index in [0.29, 0.717) is 16.3 Å². The maximum Gasteiger partial charge on any atom is 0.341 e. The molecule has 3 aromatic carbocycles. The molecular weight excluding hydrogens is 414 g/mol. The minimum atomic E-state index is -0.505. The molecule has 0 atom stereocenters. The highest BCUT2D eigenvalue weighted by atomic mass is 35.5. The number of carbonyl (C=O) groups is 1. The quantitative estimate of drug-likeness (QED) is 0.261. The summed E-state index contributed by atoms with van der Waals surface area (Å²) >= 11 is 6.19. The molecule has 0 aliphatic rings. The summed E-state index contributed by atoms with van der Waals surface area (Å²) in [6.45, 7) is 2.26. The standard InChI is InChI=1S/C25H24ClNO4/c1-17-6-4-7-20(12-17)27-21-8-5-9-22(14-21)31-15-18-13-19(26)10-11-23(18)24(16-29-2)25(28)30-3/h4-14,16,27H,15H2,1-3H3/b24-16+. The first kappa shape index (κ1) is 22.2. The van der Waals surface area contributed by atoms with Gasteiger partial charge in [0.1, 0.15) is 17.9 Å². The van der Waals surface area contributed by atoms with Crippen LogP contribution in [0.25, 0.3) is 5.57 Å². The first-order valence-electron chi connectivity index (χ1n) is 9.67. The van der Waals surface area contributed by atoms with E-state index in [4.69, 9.17) is 25.8 Å². The van der Waals surface area contributed by atoms with Gasteiger partial charge in [-0.2, -0.15) is 0 Å². The largest absolute Gasteiger partial charge is 0.503 e. The Bertz CT molecular complexity index is 1090. The zero-order valence-electron chi connectivity index (χ0n) is 17.6. The third kappa shape index (κ3) is 6.03. The zero-order valence-corrected chi connectivity index (χ0v) is 18.4. The van der Waals surface area contributed by atoms with Crippen molar-refractivity contribution in [3.63, 3.8) is 0 Å². The van der Waals surface area contributed by atoms with Crippen LogP contribution < -0.4 is 10.1 Å². The monoisotopic (exact) mass is 437 g/mol. The number of aryl methyl sites for hydroxylation is 1. The molecule has 31 heavy (non-hydrogen) atoms. The maximum atomic E-state index is 12.2. The maximum absolute atomic E-state index is 12.2. The zero-order chi connectivity index (χ0) is 22.2. The Labute approximate surface area is 187 Å². The van der Waals surface area contributed by atoms with Crippen LogP contribution in [0.1, 0.15) is 16.7 Å². The van der Waals surface area contributed by atoms with E-state index >= 15 is 0 Å². The van der Waals surface area contributed by atoms with Gasteiger partial charge in [0.25, 0.3) is 0 Å². The molecule has 0 heterocycles. The number of rotatable bonds is 8. The summed E-state index contributed by atoms with van der Waals surface area (Å²) in [4.78, 5) is 12.2. The lowest BCUT2D eigenvalue weighted by Gasteiger charge is -2.14. The molecule has 0 aliphatic carbocycles. The second-order valence-corrected chi connectivity index (χ2v) is 7.31. The Morgan fingerprint density at radius 1 is 1.00 bits per heavy atom. The van der Waals surface area contributed by atoms with Gasteiger partial charge < -0.3 is 19.5 Å². The number of halogens is 1. The summed E-state index contributed by atoms with van der Waals surface area (Å²) in [5.41, 5.74) is 4.74. The van der Waals surface area contributed by atoms with Gasteiger partial charge in [0.2, 0.25) is 0 Å². The van der Waals surface area contributed by atoms with Crippen LogP contribution in [-0.4, -0.2) is 20.2 Å². The van der Waals surface area contributed by atoms with Crippen LogP contribution in [0.15, 0.2) is 73.0 Å². The summed E-state index contributed by atoms with van der Waals surface area (Å²) in [6, 6.07) is 21.0. The minimum absolute atomic E-state index is 0.210. The van der Waals surface area contributed by atoms with E-state index in [1.54, 1.807) is 18.2 Å². The highest BCUT2D eigenvalue weighted by Gasteiger charge is 2.17. The third-order valence-electron chi connectivity index (χ3n) is 4.53. The van der Waals surface area contributed by atoms with Gasteiger partial charge in [-0.25, -0.2) is 4.79 Å². The fourth-order valence-electron chi connectivity index (χ4n) is 3.11. The van der Waals surface area contributed by atoms with E-state index in [1.807, 2.05) is 49.4 Å². The predicted octanol–water partition coefficient (Wildman–Crippen LogP) is 6.13. The highest BCUT2D eigenvalue weighted by molar-refractivity contribution is 6.30. The lowest BCUT2D eigenvalue weighted by Crippen LogP contribution is -2.08. The normalized spacial score (nSPS) is 11.0. The molecular formula is C25H24ClNO4. The van der Waals surface area contributed by atoms with Crippen LogP contribution >= 0.6 is 11.6 Å². The van der Waals surface area contributed by atoms with Gasteiger partial charge in [-0.15, -0.1) is 0 Å². The summed E-state index contributed by atoms with van der Waals surface area (Å²) in [7, 11) is 2.80. The van der Waals surface area contributed by atoms with Crippen LogP contribution in [0, 0.1) is 6.92 Å². The number of carbonyl (C=O) groups excluding carboxylic acids is 1. The molecule has 0 saturated carbocycles. The highest BCUT2D eigenvalue weighted by Crippen LogP contribution is 2.27. The summed E-state index contributed by atoms with van der Waals surface area (Å²) in [5, 5.41) is 3.91. The molecule has 0 aromatic heterocycles. The topological polar surface area (TPSA) is 56.8 Å². The number of hydrogen-bond donors (Lipinski definition) is 1. The molecule has 0 radical (unpaired) electrons. The molecule has 6 heteroatoms. The van der Waals surface area contributed by atoms with E-state index in [1.165, 1.54) is 26.0 Å². The molecule has 3 rings (SSSR count). The lowest BCUT2D eigenvalue weighted by molar-refractivity contribution is -0.133. The molecule has 3 aromatic rings.